The fraction of sp³-hybridized carbons (Fsp3) is 1.00. The Kier molecular flexibility index (Phi) is 3.57. The van der Waals surface area contributed by atoms with E-state index in [2.05, 4.69) is 4.90 Å². The van der Waals surface area contributed by atoms with E-state index in [1.54, 1.807) is 0 Å². The van der Waals surface area contributed by atoms with Crippen LogP contribution in [0.3, 0.4) is 0 Å². The van der Waals surface area contributed by atoms with Gasteiger partial charge in [0.05, 0.1) is 0 Å². The first-order chi connectivity index (χ1) is 5.97. The van der Waals surface area contributed by atoms with Crippen LogP contribution in [0.4, 0.5) is 0 Å². The van der Waals surface area contributed by atoms with Crippen molar-refractivity contribution < 1.29 is 8.42 Å². The molecule has 0 N–H and O–H groups in total. The molecule has 0 amide bonds. The lowest BCUT2D eigenvalue weighted by Gasteiger charge is -2.36. The Hall–Kier alpha value is 0.160. The van der Waals surface area contributed by atoms with Gasteiger partial charge in [-0.2, -0.15) is 4.31 Å². The van der Waals surface area contributed by atoms with E-state index in [-0.39, 0.29) is 11.3 Å². The van der Waals surface area contributed by atoms with Crippen LogP contribution in [0.5, 0.6) is 0 Å². The number of nitrogens with zero attached hydrogens (tertiary/aromatic N) is 2. The molecule has 1 aliphatic rings. The van der Waals surface area contributed by atoms with Crippen LogP contribution in [0.25, 0.3) is 0 Å². The summed E-state index contributed by atoms with van der Waals surface area (Å²) in [5.74, 6) is 0. The smallest absolute Gasteiger partial charge is 0.228 e. The third kappa shape index (κ3) is 2.56. The maximum absolute atomic E-state index is 11.4. The normalized spacial score (nSPS) is 27.8. The first-order valence-electron chi connectivity index (χ1n) is 4.21. The van der Waals surface area contributed by atoms with Crippen LogP contribution in [-0.4, -0.2) is 55.6 Å². The Labute approximate surface area is 84.5 Å². The number of rotatable bonds is 2. The van der Waals surface area contributed by atoms with Crippen LogP contribution < -0.4 is 0 Å². The molecule has 0 aromatic rings. The van der Waals surface area contributed by atoms with Crippen molar-refractivity contribution in [2.75, 3.05) is 31.9 Å². The van der Waals surface area contributed by atoms with Crippen molar-refractivity contribution in [3.63, 3.8) is 0 Å². The van der Waals surface area contributed by atoms with E-state index < -0.39 is 10.0 Å². The molecule has 1 unspecified atom stereocenters. The monoisotopic (exact) mass is 226 g/mol. The lowest BCUT2D eigenvalue weighted by Crippen LogP contribution is -2.52. The standard InChI is InChI=1S/C7H15ClN2O2S/c1-7-5-10(4-3-9(7)2)13(11,12)6-8/h7H,3-6H2,1-2H3. The maximum atomic E-state index is 11.4. The van der Waals surface area contributed by atoms with E-state index in [4.69, 9.17) is 11.6 Å². The van der Waals surface area contributed by atoms with Crippen LogP contribution in [0.1, 0.15) is 6.92 Å². The molecule has 78 valence electrons. The van der Waals surface area contributed by atoms with E-state index in [1.165, 1.54) is 4.31 Å². The van der Waals surface area contributed by atoms with E-state index in [1.807, 2.05) is 14.0 Å². The lowest BCUT2D eigenvalue weighted by atomic mass is 10.2. The van der Waals surface area contributed by atoms with E-state index >= 15 is 0 Å². The first kappa shape index (κ1) is 11.2. The molecule has 13 heavy (non-hydrogen) atoms. The molecule has 1 aliphatic heterocycles. The Bertz CT molecular complexity index is 268. The highest BCUT2D eigenvalue weighted by Crippen LogP contribution is 2.12. The summed E-state index contributed by atoms with van der Waals surface area (Å²) in [5, 5.41) is -0.316. The summed E-state index contributed by atoms with van der Waals surface area (Å²) < 4.78 is 24.2. The number of sulfonamides is 1. The third-order valence-corrected chi connectivity index (χ3v) is 4.68. The van der Waals surface area contributed by atoms with Crippen LogP contribution in [0.15, 0.2) is 0 Å². The molecule has 0 bridgehead atoms. The molecule has 0 spiro atoms. The predicted octanol–water partition coefficient (Wildman–Crippen LogP) is 0.148. The van der Waals surface area contributed by atoms with Crippen LogP contribution in [0.2, 0.25) is 0 Å². The van der Waals surface area contributed by atoms with Crippen molar-refractivity contribution in [3.8, 4) is 0 Å². The first-order valence-corrected chi connectivity index (χ1v) is 6.36. The quantitative estimate of drug-likeness (QED) is 0.630. The molecule has 0 radical (unpaired) electrons. The summed E-state index contributed by atoms with van der Waals surface area (Å²) in [6, 6.07) is 0.270. The van der Waals surface area contributed by atoms with Gasteiger partial charge in [-0.05, 0) is 14.0 Å². The lowest BCUT2D eigenvalue weighted by molar-refractivity contribution is 0.160. The third-order valence-electron chi connectivity index (χ3n) is 2.45. The minimum Gasteiger partial charge on any atom is -0.301 e. The maximum Gasteiger partial charge on any atom is 0.228 e. The van der Waals surface area contributed by atoms with Gasteiger partial charge in [0.1, 0.15) is 5.21 Å². The number of hydrogen-bond acceptors (Lipinski definition) is 3. The van der Waals surface area contributed by atoms with Gasteiger partial charge in [-0.3, -0.25) is 0 Å². The molecule has 0 saturated carbocycles. The van der Waals surface area contributed by atoms with Crippen LogP contribution in [-0.2, 0) is 10.0 Å². The SMILES string of the molecule is CC1CN(S(=O)(=O)CCl)CCN1C. The highest BCUT2D eigenvalue weighted by atomic mass is 35.5. The van der Waals surface area contributed by atoms with Gasteiger partial charge in [-0.1, -0.05) is 0 Å². The summed E-state index contributed by atoms with van der Waals surface area (Å²) in [7, 11) is -1.21. The second kappa shape index (κ2) is 4.13. The van der Waals surface area contributed by atoms with Crippen molar-refractivity contribution in [1.82, 2.24) is 9.21 Å². The van der Waals surface area contributed by atoms with Crippen molar-refractivity contribution in [3.05, 3.63) is 0 Å². The van der Waals surface area contributed by atoms with E-state index in [0.717, 1.165) is 6.54 Å². The summed E-state index contributed by atoms with van der Waals surface area (Å²) in [6.45, 7) is 3.88. The summed E-state index contributed by atoms with van der Waals surface area (Å²) in [4.78, 5) is 2.14. The summed E-state index contributed by atoms with van der Waals surface area (Å²) >= 11 is 5.37. The number of halogens is 1. The van der Waals surface area contributed by atoms with Crippen LogP contribution in [0, 0.1) is 0 Å². The van der Waals surface area contributed by atoms with Gasteiger partial charge in [0.15, 0.2) is 0 Å². The fourth-order valence-corrected chi connectivity index (χ4v) is 2.69. The molecule has 1 atom stereocenters. The molecule has 0 aromatic carbocycles. The second-order valence-corrected chi connectivity index (χ2v) is 5.96. The van der Waals surface area contributed by atoms with Crippen molar-refractivity contribution in [2.24, 2.45) is 0 Å². The van der Waals surface area contributed by atoms with Gasteiger partial charge in [0.2, 0.25) is 10.0 Å². The number of piperazine rings is 1. The zero-order valence-corrected chi connectivity index (χ0v) is 9.48. The molecule has 1 rings (SSSR count). The molecule has 1 heterocycles. The Morgan fingerprint density at radius 1 is 1.46 bits per heavy atom. The number of likely N-dealkylation sites (N-methyl/N-ethyl adjacent to an activating group) is 1. The Balaban J connectivity index is 2.66. The Morgan fingerprint density at radius 3 is 2.54 bits per heavy atom. The van der Waals surface area contributed by atoms with Crippen LogP contribution >= 0.6 is 11.6 Å². The Morgan fingerprint density at radius 2 is 2.08 bits per heavy atom. The van der Waals surface area contributed by atoms with Gasteiger partial charge in [-0.25, -0.2) is 8.42 Å². The van der Waals surface area contributed by atoms with Gasteiger partial charge < -0.3 is 4.90 Å². The highest BCUT2D eigenvalue weighted by molar-refractivity contribution is 7.90. The molecule has 6 heteroatoms. The number of alkyl halides is 1. The van der Waals surface area contributed by atoms with Gasteiger partial charge >= 0.3 is 0 Å². The second-order valence-electron chi connectivity index (χ2n) is 3.41. The van der Waals surface area contributed by atoms with Gasteiger partial charge in [0, 0.05) is 25.7 Å². The minimum absolute atomic E-state index is 0.270. The molecular formula is C7H15ClN2O2S. The zero-order chi connectivity index (χ0) is 10.1. The van der Waals surface area contributed by atoms with Crippen molar-refractivity contribution in [2.45, 2.75) is 13.0 Å². The topological polar surface area (TPSA) is 40.6 Å². The predicted molar refractivity (Wildman–Crippen MR) is 53.3 cm³/mol. The average Bonchev–Trinajstić information content (AvgIpc) is 2.09. The van der Waals surface area contributed by atoms with Gasteiger partial charge in [0.25, 0.3) is 0 Å². The zero-order valence-electron chi connectivity index (χ0n) is 7.90. The molecular weight excluding hydrogens is 212 g/mol. The highest BCUT2D eigenvalue weighted by Gasteiger charge is 2.28. The molecule has 0 aromatic heterocycles. The van der Waals surface area contributed by atoms with Crippen molar-refractivity contribution >= 4 is 21.6 Å². The summed E-state index contributed by atoms with van der Waals surface area (Å²) in [6.07, 6.45) is 0. The average molecular weight is 227 g/mol. The molecule has 1 saturated heterocycles. The molecule has 1 fully saturated rings. The van der Waals surface area contributed by atoms with E-state index in [0.29, 0.717) is 13.1 Å². The molecule has 4 nitrogen and oxygen atoms in total. The van der Waals surface area contributed by atoms with Crippen molar-refractivity contribution in [1.29, 1.82) is 0 Å². The van der Waals surface area contributed by atoms with Gasteiger partial charge in [-0.15, -0.1) is 11.6 Å². The van der Waals surface area contributed by atoms with E-state index in [9.17, 15) is 8.42 Å². The minimum atomic E-state index is -3.21. The molecule has 0 aliphatic carbocycles. The fourth-order valence-electron chi connectivity index (χ4n) is 1.34. The largest absolute Gasteiger partial charge is 0.301 e. The summed E-state index contributed by atoms with van der Waals surface area (Å²) in [5.41, 5.74) is 0. The number of hydrogen-bond donors (Lipinski definition) is 0.